The average molecular weight is 278 g/mol. The van der Waals surface area contributed by atoms with E-state index < -0.39 is 5.82 Å². The Hall–Kier alpha value is -1.88. The van der Waals surface area contributed by atoms with Gasteiger partial charge in [-0.3, -0.25) is 0 Å². The van der Waals surface area contributed by atoms with Crippen LogP contribution in [0.2, 0.25) is 0 Å². The van der Waals surface area contributed by atoms with Crippen molar-refractivity contribution in [3.63, 3.8) is 0 Å². The van der Waals surface area contributed by atoms with Crippen molar-refractivity contribution in [1.82, 2.24) is 10.5 Å². The maximum absolute atomic E-state index is 14.1. The van der Waals surface area contributed by atoms with Gasteiger partial charge in [-0.1, -0.05) is 11.2 Å². The number of ether oxygens (including phenoxy) is 1. The Morgan fingerprint density at radius 3 is 2.75 bits per heavy atom. The van der Waals surface area contributed by atoms with Crippen molar-refractivity contribution in [2.45, 2.75) is 32.9 Å². The Bertz CT molecular complexity index is 588. The van der Waals surface area contributed by atoms with Crippen LogP contribution < -0.4 is 10.1 Å². The fraction of sp³-hybridized carbons (Fsp3) is 0.400. The number of hydrogen-bond acceptors (Lipinski definition) is 4. The van der Waals surface area contributed by atoms with E-state index in [1.54, 1.807) is 18.3 Å². The van der Waals surface area contributed by atoms with E-state index >= 15 is 0 Å². The molecule has 0 saturated carbocycles. The van der Waals surface area contributed by atoms with Crippen molar-refractivity contribution in [1.29, 1.82) is 0 Å². The van der Waals surface area contributed by atoms with E-state index in [-0.39, 0.29) is 5.54 Å². The first-order chi connectivity index (χ1) is 9.42. The molecule has 1 N–H and O–H groups in total. The Morgan fingerprint density at radius 2 is 2.10 bits per heavy atom. The van der Waals surface area contributed by atoms with E-state index in [9.17, 15) is 4.39 Å². The Labute approximate surface area is 117 Å². The van der Waals surface area contributed by atoms with E-state index in [1.807, 2.05) is 0 Å². The molecule has 0 aliphatic carbocycles. The van der Waals surface area contributed by atoms with Gasteiger partial charge >= 0.3 is 0 Å². The van der Waals surface area contributed by atoms with Crippen LogP contribution in [0, 0.1) is 5.82 Å². The van der Waals surface area contributed by atoms with Gasteiger partial charge in [0.05, 0.1) is 18.9 Å². The topological polar surface area (TPSA) is 47.3 Å². The van der Waals surface area contributed by atoms with Gasteiger partial charge in [0.25, 0.3) is 0 Å². The molecule has 20 heavy (non-hydrogen) atoms. The zero-order chi connectivity index (χ0) is 14.8. The predicted octanol–water partition coefficient (Wildman–Crippen LogP) is 3.38. The standard InChI is InChI=1S/C15H19FN2O2/c1-15(2,3)17-8-10-9-18-20-14(10)13-11(16)6-5-7-12(13)19-4/h5-7,9,17H,8H2,1-4H3. The number of hydrogen-bond donors (Lipinski definition) is 1. The molecule has 0 spiro atoms. The Kier molecular flexibility index (Phi) is 4.09. The number of nitrogens with one attached hydrogen (secondary N) is 1. The summed E-state index contributed by atoms with van der Waals surface area (Å²) in [5, 5.41) is 7.11. The number of nitrogens with zero attached hydrogens (tertiary/aromatic N) is 1. The summed E-state index contributed by atoms with van der Waals surface area (Å²) >= 11 is 0. The maximum Gasteiger partial charge on any atom is 0.178 e. The van der Waals surface area contributed by atoms with E-state index in [4.69, 9.17) is 9.26 Å². The van der Waals surface area contributed by atoms with Gasteiger partial charge in [0.2, 0.25) is 0 Å². The summed E-state index contributed by atoms with van der Waals surface area (Å²) in [7, 11) is 1.50. The van der Waals surface area contributed by atoms with Gasteiger partial charge in [0.15, 0.2) is 5.76 Å². The first-order valence-electron chi connectivity index (χ1n) is 6.44. The van der Waals surface area contributed by atoms with Crippen molar-refractivity contribution >= 4 is 0 Å². The lowest BCUT2D eigenvalue weighted by Gasteiger charge is -2.20. The molecule has 1 aromatic heterocycles. The second kappa shape index (κ2) is 5.63. The second-order valence-corrected chi connectivity index (χ2v) is 5.60. The minimum Gasteiger partial charge on any atom is -0.496 e. The molecule has 1 heterocycles. The molecule has 0 aliphatic heterocycles. The van der Waals surface area contributed by atoms with Crippen molar-refractivity contribution in [3.05, 3.63) is 35.8 Å². The zero-order valence-corrected chi connectivity index (χ0v) is 12.2. The van der Waals surface area contributed by atoms with Crippen molar-refractivity contribution in [3.8, 4) is 17.1 Å². The maximum atomic E-state index is 14.1. The second-order valence-electron chi connectivity index (χ2n) is 5.60. The van der Waals surface area contributed by atoms with Gasteiger partial charge in [-0.05, 0) is 32.9 Å². The van der Waals surface area contributed by atoms with E-state index in [1.165, 1.54) is 13.2 Å². The lowest BCUT2D eigenvalue weighted by atomic mass is 10.1. The molecule has 2 aromatic rings. The first kappa shape index (κ1) is 14.5. The SMILES string of the molecule is COc1cccc(F)c1-c1oncc1CNC(C)(C)C. The normalized spacial score (nSPS) is 11.7. The van der Waals surface area contributed by atoms with Crippen LogP contribution in [-0.2, 0) is 6.54 Å². The molecule has 1 aromatic carbocycles. The molecule has 0 amide bonds. The zero-order valence-electron chi connectivity index (χ0n) is 12.2. The van der Waals surface area contributed by atoms with Crippen LogP contribution in [0.1, 0.15) is 26.3 Å². The van der Waals surface area contributed by atoms with Crippen molar-refractivity contribution in [2.75, 3.05) is 7.11 Å². The molecular weight excluding hydrogens is 259 g/mol. The molecule has 0 fully saturated rings. The molecule has 0 aliphatic rings. The number of methoxy groups -OCH3 is 1. The monoisotopic (exact) mass is 278 g/mol. The summed E-state index contributed by atoms with van der Waals surface area (Å²) in [6.07, 6.45) is 1.60. The molecule has 108 valence electrons. The third-order valence-electron chi connectivity index (χ3n) is 2.88. The summed E-state index contributed by atoms with van der Waals surface area (Å²) < 4.78 is 24.5. The summed E-state index contributed by atoms with van der Waals surface area (Å²) in [6, 6.07) is 4.67. The predicted molar refractivity (Wildman–Crippen MR) is 75.0 cm³/mol. The van der Waals surface area contributed by atoms with E-state index in [2.05, 4.69) is 31.2 Å². The van der Waals surface area contributed by atoms with Crippen LogP contribution >= 0.6 is 0 Å². The largest absolute Gasteiger partial charge is 0.496 e. The highest BCUT2D eigenvalue weighted by Gasteiger charge is 2.20. The minimum absolute atomic E-state index is 0.0478. The lowest BCUT2D eigenvalue weighted by molar-refractivity contribution is 0.399. The van der Waals surface area contributed by atoms with Gasteiger partial charge in [0, 0.05) is 17.6 Å². The highest BCUT2D eigenvalue weighted by Crippen LogP contribution is 2.34. The van der Waals surface area contributed by atoms with Crippen LogP contribution in [-0.4, -0.2) is 17.8 Å². The molecule has 0 radical (unpaired) electrons. The quantitative estimate of drug-likeness (QED) is 0.931. The number of aromatic nitrogens is 1. The van der Waals surface area contributed by atoms with E-state index in [0.29, 0.717) is 23.6 Å². The highest BCUT2D eigenvalue weighted by atomic mass is 19.1. The number of halogens is 1. The number of rotatable bonds is 4. The lowest BCUT2D eigenvalue weighted by Crippen LogP contribution is -2.35. The smallest absolute Gasteiger partial charge is 0.178 e. The van der Waals surface area contributed by atoms with Crippen LogP contribution in [0.3, 0.4) is 0 Å². The van der Waals surface area contributed by atoms with Gasteiger partial charge in [-0.15, -0.1) is 0 Å². The summed E-state index contributed by atoms with van der Waals surface area (Å²) in [6.45, 7) is 6.72. The Balaban J connectivity index is 2.37. The minimum atomic E-state index is -0.391. The highest BCUT2D eigenvalue weighted by molar-refractivity contribution is 5.68. The summed E-state index contributed by atoms with van der Waals surface area (Å²) in [4.78, 5) is 0. The van der Waals surface area contributed by atoms with Gasteiger partial charge in [0.1, 0.15) is 11.6 Å². The molecule has 0 atom stereocenters. The van der Waals surface area contributed by atoms with Gasteiger partial charge in [-0.2, -0.15) is 0 Å². The fourth-order valence-electron chi connectivity index (χ4n) is 1.85. The van der Waals surface area contributed by atoms with Crippen LogP contribution in [0.5, 0.6) is 5.75 Å². The van der Waals surface area contributed by atoms with Crippen molar-refractivity contribution < 1.29 is 13.7 Å². The van der Waals surface area contributed by atoms with E-state index in [0.717, 1.165) is 5.56 Å². The molecule has 2 rings (SSSR count). The van der Waals surface area contributed by atoms with Crippen LogP contribution in [0.25, 0.3) is 11.3 Å². The molecular formula is C15H19FN2O2. The summed E-state index contributed by atoms with van der Waals surface area (Å²) in [5.41, 5.74) is 1.05. The third-order valence-corrected chi connectivity index (χ3v) is 2.88. The fourth-order valence-corrected chi connectivity index (χ4v) is 1.85. The van der Waals surface area contributed by atoms with Gasteiger partial charge in [-0.25, -0.2) is 4.39 Å². The van der Waals surface area contributed by atoms with Crippen LogP contribution in [0.4, 0.5) is 4.39 Å². The first-order valence-corrected chi connectivity index (χ1v) is 6.44. The third kappa shape index (κ3) is 3.17. The molecule has 0 bridgehead atoms. The van der Waals surface area contributed by atoms with Gasteiger partial charge < -0.3 is 14.6 Å². The van der Waals surface area contributed by atoms with Crippen molar-refractivity contribution in [2.24, 2.45) is 0 Å². The molecule has 0 saturated heterocycles. The number of benzene rings is 1. The Morgan fingerprint density at radius 1 is 1.35 bits per heavy atom. The van der Waals surface area contributed by atoms with Crippen LogP contribution in [0.15, 0.2) is 28.9 Å². The molecule has 0 unspecified atom stereocenters. The molecule has 5 heteroatoms. The average Bonchev–Trinajstić information content (AvgIpc) is 2.83. The molecule has 4 nitrogen and oxygen atoms in total. The summed E-state index contributed by atoms with van der Waals surface area (Å²) in [5.74, 6) is 0.438.